The standard InChI is InChI=1S/C18H23N3O4/c1-11-8-13(24-12(11)2)9-21-10-14(17-15(21)4-3-7-23-17)20-18(22)16-5-6-19-25-16/h5-6,8,14-15,17H,3-4,7,9-10H2,1-2H3,(H,20,22)/t14-,15-,17-/m1/s1. The van der Waals surface area contributed by atoms with Crippen molar-refractivity contribution in [2.75, 3.05) is 13.2 Å². The van der Waals surface area contributed by atoms with Gasteiger partial charge in [-0.2, -0.15) is 0 Å². The van der Waals surface area contributed by atoms with Crippen LogP contribution in [0.3, 0.4) is 0 Å². The molecule has 2 aromatic rings. The summed E-state index contributed by atoms with van der Waals surface area (Å²) in [5, 5.41) is 6.63. The molecule has 0 aliphatic carbocycles. The number of rotatable bonds is 4. The Kier molecular flexibility index (Phi) is 4.35. The number of nitrogens with zero attached hydrogens (tertiary/aromatic N) is 2. The van der Waals surface area contributed by atoms with Crippen LogP contribution in [0.2, 0.25) is 0 Å². The number of carbonyl (C=O) groups is 1. The lowest BCUT2D eigenvalue weighted by atomic mass is 10.0. The summed E-state index contributed by atoms with van der Waals surface area (Å²) in [7, 11) is 0. The summed E-state index contributed by atoms with van der Waals surface area (Å²) >= 11 is 0. The van der Waals surface area contributed by atoms with Crippen LogP contribution in [0.4, 0.5) is 0 Å². The van der Waals surface area contributed by atoms with Crippen molar-refractivity contribution >= 4 is 5.91 Å². The van der Waals surface area contributed by atoms with Gasteiger partial charge in [0, 0.05) is 25.3 Å². The summed E-state index contributed by atoms with van der Waals surface area (Å²) < 4.78 is 16.8. The van der Waals surface area contributed by atoms with E-state index in [9.17, 15) is 4.79 Å². The Labute approximate surface area is 146 Å². The van der Waals surface area contributed by atoms with Crippen LogP contribution >= 0.6 is 0 Å². The summed E-state index contributed by atoms with van der Waals surface area (Å²) in [6.07, 6.45) is 3.57. The Morgan fingerprint density at radius 3 is 3.04 bits per heavy atom. The van der Waals surface area contributed by atoms with Gasteiger partial charge in [0.05, 0.1) is 24.9 Å². The molecule has 0 aromatic carbocycles. The zero-order valence-corrected chi connectivity index (χ0v) is 14.5. The fourth-order valence-electron chi connectivity index (χ4n) is 3.86. The van der Waals surface area contributed by atoms with Crippen molar-refractivity contribution in [2.45, 2.75) is 51.4 Å². The number of ether oxygens (including phenoxy) is 1. The van der Waals surface area contributed by atoms with Crippen molar-refractivity contribution in [1.82, 2.24) is 15.4 Å². The van der Waals surface area contributed by atoms with Crippen molar-refractivity contribution in [3.63, 3.8) is 0 Å². The molecule has 0 spiro atoms. The van der Waals surface area contributed by atoms with Crippen LogP contribution in [-0.2, 0) is 11.3 Å². The molecular formula is C18H23N3O4. The van der Waals surface area contributed by atoms with Gasteiger partial charge in [0.1, 0.15) is 11.5 Å². The van der Waals surface area contributed by atoms with Crippen molar-refractivity contribution in [3.8, 4) is 0 Å². The highest BCUT2D eigenvalue weighted by Gasteiger charge is 2.45. The number of furan rings is 1. The molecule has 2 aliphatic heterocycles. The van der Waals surface area contributed by atoms with Crippen molar-refractivity contribution < 1.29 is 18.5 Å². The molecule has 134 valence electrons. The number of nitrogens with one attached hydrogen (secondary N) is 1. The van der Waals surface area contributed by atoms with Crippen molar-refractivity contribution in [1.29, 1.82) is 0 Å². The van der Waals surface area contributed by atoms with E-state index >= 15 is 0 Å². The van der Waals surface area contributed by atoms with Gasteiger partial charge in [0.2, 0.25) is 5.76 Å². The van der Waals surface area contributed by atoms with E-state index < -0.39 is 0 Å². The van der Waals surface area contributed by atoms with E-state index in [0.717, 1.165) is 44.1 Å². The highest BCUT2D eigenvalue weighted by atomic mass is 16.5. The first kappa shape index (κ1) is 16.4. The molecule has 0 saturated carbocycles. The number of fused-ring (bicyclic) bond motifs is 1. The molecule has 2 aliphatic rings. The molecule has 1 amide bonds. The molecule has 4 rings (SSSR count). The lowest BCUT2D eigenvalue weighted by Gasteiger charge is -2.32. The van der Waals surface area contributed by atoms with Gasteiger partial charge >= 0.3 is 0 Å². The minimum Gasteiger partial charge on any atom is -0.465 e. The fourth-order valence-corrected chi connectivity index (χ4v) is 3.86. The minimum absolute atomic E-state index is 0.00206. The molecule has 0 bridgehead atoms. The van der Waals surface area contributed by atoms with E-state index in [1.165, 1.54) is 11.8 Å². The van der Waals surface area contributed by atoms with Crippen LogP contribution in [0.25, 0.3) is 0 Å². The lowest BCUT2D eigenvalue weighted by molar-refractivity contribution is -0.0220. The maximum Gasteiger partial charge on any atom is 0.290 e. The number of aromatic nitrogens is 1. The van der Waals surface area contributed by atoms with Gasteiger partial charge in [0.25, 0.3) is 5.91 Å². The SMILES string of the molecule is Cc1cc(CN2C[C@@H](NC(=O)c3ccno3)[C@H]3OCCC[C@H]32)oc1C. The molecule has 0 unspecified atom stereocenters. The third-order valence-corrected chi connectivity index (χ3v) is 5.18. The molecule has 7 nitrogen and oxygen atoms in total. The average Bonchev–Trinajstić information content (AvgIpc) is 3.30. The van der Waals surface area contributed by atoms with Gasteiger partial charge in [-0.25, -0.2) is 0 Å². The van der Waals surface area contributed by atoms with Gasteiger partial charge in [-0.1, -0.05) is 5.16 Å². The Hall–Kier alpha value is -2.12. The maximum atomic E-state index is 12.3. The summed E-state index contributed by atoms with van der Waals surface area (Å²) in [4.78, 5) is 14.7. The predicted molar refractivity (Wildman–Crippen MR) is 89.1 cm³/mol. The van der Waals surface area contributed by atoms with Crippen LogP contribution in [0, 0.1) is 13.8 Å². The quantitative estimate of drug-likeness (QED) is 0.913. The first-order valence-corrected chi connectivity index (χ1v) is 8.75. The highest BCUT2D eigenvalue weighted by Crippen LogP contribution is 2.31. The Morgan fingerprint density at radius 1 is 1.44 bits per heavy atom. The number of aryl methyl sites for hydroxylation is 2. The largest absolute Gasteiger partial charge is 0.465 e. The van der Waals surface area contributed by atoms with Crippen LogP contribution < -0.4 is 5.32 Å². The second kappa shape index (κ2) is 6.65. The molecule has 4 heterocycles. The molecule has 25 heavy (non-hydrogen) atoms. The predicted octanol–water partition coefficient (Wildman–Crippen LogP) is 2.05. The van der Waals surface area contributed by atoms with Crippen LogP contribution in [0.1, 0.15) is 40.5 Å². The van der Waals surface area contributed by atoms with Crippen molar-refractivity contribution in [2.24, 2.45) is 0 Å². The number of hydrogen-bond acceptors (Lipinski definition) is 6. The first-order chi connectivity index (χ1) is 12.1. The Bertz CT molecular complexity index is 720. The zero-order valence-electron chi connectivity index (χ0n) is 14.5. The molecular weight excluding hydrogens is 322 g/mol. The van der Waals surface area contributed by atoms with Crippen LogP contribution in [-0.4, -0.2) is 47.3 Å². The minimum atomic E-state index is -0.248. The second-order valence-electron chi connectivity index (χ2n) is 6.88. The van der Waals surface area contributed by atoms with E-state index in [-0.39, 0.29) is 23.8 Å². The Morgan fingerprint density at radius 2 is 2.32 bits per heavy atom. The molecule has 1 N–H and O–H groups in total. The van der Waals surface area contributed by atoms with E-state index in [1.807, 2.05) is 6.92 Å². The summed E-state index contributed by atoms with van der Waals surface area (Å²) in [5.74, 6) is 1.90. The number of hydrogen-bond donors (Lipinski definition) is 1. The van der Waals surface area contributed by atoms with Crippen molar-refractivity contribution in [3.05, 3.63) is 41.2 Å². The van der Waals surface area contributed by atoms with E-state index in [1.54, 1.807) is 6.07 Å². The zero-order chi connectivity index (χ0) is 17.4. The van der Waals surface area contributed by atoms with E-state index in [0.29, 0.717) is 6.04 Å². The lowest BCUT2D eigenvalue weighted by Crippen LogP contribution is -2.47. The molecule has 0 radical (unpaired) electrons. The molecule has 7 heteroatoms. The van der Waals surface area contributed by atoms with Crippen LogP contribution in [0.15, 0.2) is 27.3 Å². The number of likely N-dealkylation sites (tertiary alicyclic amines) is 1. The van der Waals surface area contributed by atoms with Gasteiger partial charge < -0.3 is 19.0 Å². The van der Waals surface area contributed by atoms with Gasteiger partial charge in [0.15, 0.2) is 0 Å². The number of amides is 1. The molecule has 2 saturated heterocycles. The highest BCUT2D eigenvalue weighted by molar-refractivity contribution is 5.91. The summed E-state index contributed by atoms with van der Waals surface area (Å²) in [5.41, 5.74) is 1.17. The second-order valence-corrected chi connectivity index (χ2v) is 6.88. The third kappa shape index (κ3) is 3.21. The molecule has 3 atom stereocenters. The number of carbonyl (C=O) groups excluding carboxylic acids is 1. The third-order valence-electron chi connectivity index (χ3n) is 5.18. The topological polar surface area (TPSA) is 80.7 Å². The summed E-state index contributed by atoms with van der Waals surface area (Å²) in [6.45, 7) is 6.24. The van der Waals surface area contributed by atoms with Gasteiger partial charge in [-0.3, -0.25) is 9.69 Å². The van der Waals surface area contributed by atoms with Gasteiger partial charge in [-0.15, -0.1) is 0 Å². The maximum absolute atomic E-state index is 12.3. The average molecular weight is 345 g/mol. The monoisotopic (exact) mass is 345 g/mol. The van der Waals surface area contributed by atoms with E-state index in [2.05, 4.69) is 28.4 Å². The molecule has 2 aromatic heterocycles. The fraction of sp³-hybridized carbons (Fsp3) is 0.556. The van der Waals surface area contributed by atoms with E-state index in [4.69, 9.17) is 13.7 Å². The Balaban J connectivity index is 1.48. The smallest absolute Gasteiger partial charge is 0.290 e. The molecule has 2 fully saturated rings. The first-order valence-electron chi connectivity index (χ1n) is 8.75. The summed E-state index contributed by atoms with van der Waals surface area (Å²) in [6, 6.07) is 3.88. The normalized spacial score (nSPS) is 26.6. The van der Waals surface area contributed by atoms with Crippen LogP contribution in [0.5, 0.6) is 0 Å². The van der Waals surface area contributed by atoms with Gasteiger partial charge in [-0.05, 0) is 38.3 Å².